The van der Waals surface area contributed by atoms with Gasteiger partial charge in [-0.2, -0.15) is 18.2 Å². The minimum absolute atomic E-state index is 0.0175. The van der Waals surface area contributed by atoms with E-state index in [4.69, 9.17) is 4.74 Å². The molecule has 1 aromatic heterocycles. The predicted octanol–water partition coefficient (Wildman–Crippen LogP) is 5.72. The van der Waals surface area contributed by atoms with Crippen molar-refractivity contribution in [2.24, 2.45) is 0 Å². The zero-order valence-electron chi connectivity index (χ0n) is 15.4. The molecule has 0 saturated heterocycles. The second-order valence-corrected chi connectivity index (χ2v) is 7.06. The molecule has 1 heterocycles. The number of alkyl halides is 3. The third kappa shape index (κ3) is 5.34. The van der Waals surface area contributed by atoms with Crippen LogP contribution in [0.4, 0.5) is 24.8 Å². The Labute approximate surface area is 151 Å². The molecule has 142 valence electrons. The van der Waals surface area contributed by atoms with E-state index in [2.05, 4.69) is 36.1 Å². The Bertz CT molecular complexity index is 722. The molecule has 1 aromatic carbocycles. The van der Waals surface area contributed by atoms with Crippen LogP contribution in [0.3, 0.4) is 0 Å². The molecule has 0 aliphatic carbocycles. The lowest BCUT2D eigenvalue weighted by atomic mass is 9.87. The van der Waals surface area contributed by atoms with E-state index in [1.54, 1.807) is 0 Å². The second-order valence-electron chi connectivity index (χ2n) is 7.06. The van der Waals surface area contributed by atoms with Crippen molar-refractivity contribution >= 4 is 11.6 Å². The molecule has 0 saturated carbocycles. The molecule has 0 aliphatic rings. The topological polar surface area (TPSA) is 47.0 Å². The standard InChI is InChI=1S/C19H24F3N3O/c1-5-6-11-26-16-15(19(20,21)22)12-23-17(25-16)24-14-9-7-13(8-10-14)18(2,3)4/h7-10,12H,5-6,11H2,1-4H3,(H,23,24,25). The zero-order valence-corrected chi connectivity index (χ0v) is 15.4. The van der Waals surface area contributed by atoms with Crippen molar-refractivity contribution in [2.75, 3.05) is 11.9 Å². The van der Waals surface area contributed by atoms with E-state index < -0.39 is 17.6 Å². The van der Waals surface area contributed by atoms with Gasteiger partial charge in [0.1, 0.15) is 5.56 Å². The molecule has 26 heavy (non-hydrogen) atoms. The minimum Gasteiger partial charge on any atom is -0.477 e. The van der Waals surface area contributed by atoms with Gasteiger partial charge in [0.2, 0.25) is 11.8 Å². The lowest BCUT2D eigenvalue weighted by Crippen LogP contribution is -2.13. The average molecular weight is 367 g/mol. The molecule has 0 spiro atoms. The van der Waals surface area contributed by atoms with E-state index in [-0.39, 0.29) is 18.0 Å². The van der Waals surface area contributed by atoms with Crippen LogP contribution in [0.1, 0.15) is 51.7 Å². The third-order valence-electron chi connectivity index (χ3n) is 3.80. The van der Waals surface area contributed by atoms with Gasteiger partial charge in [0.15, 0.2) is 0 Å². The quantitative estimate of drug-likeness (QED) is 0.664. The number of unbranched alkanes of at least 4 members (excludes halogenated alkanes) is 1. The zero-order chi connectivity index (χ0) is 19.4. The van der Waals surface area contributed by atoms with Crippen LogP contribution < -0.4 is 10.1 Å². The largest absolute Gasteiger partial charge is 0.477 e. The van der Waals surface area contributed by atoms with Gasteiger partial charge in [-0.3, -0.25) is 0 Å². The molecule has 0 aliphatic heterocycles. The monoisotopic (exact) mass is 367 g/mol. The number of hydrogen-bond acceptors (Lipinski definition) is 4. The first-order chi connectivity index (χ1) is 12.1. The highest BCUT2D eigenvalue weighted by Crippen LogP contribution is 2.35. The van der Waals surface area contributed by atoms with Gasteiger partial charge in [0.05, 0.1) is 6.61 Å². The summed E-state index contributed by atoms with van der Waals surface area (Å²) in [6.07, 6.45) is -2.34. The van der Waals surface area contributed by atoms with E-state index in [0.29, 0.717) is 12.1 Å². The van der Waals surface area contributed by atoms with Crippen LogP contribution in [0.2, 0.25) is 0 Å². The Morgan fingerprint density at radius 3 is 2.27 bits per heavy atom. The van der Waals surface area contributed by atoms with Crippen molar-refractivity contribution in [3.63, 3.8) is 0 Å². The van der Waals surface area contributed by atoms with E-state index in [9.17, 15) is 13.2 Å². The maximum absolute atomic E-state index is 13.1. The summed E-state index contributed by atoms with van der Waals surface area (Å²) in [5.41, 5.74) is 0.892. The van der Waals surface area contributed by atoms with E-state index in [1.807, 2.05) is 31.2 Å². The lowest BCUT2D eigenvalue weighted by Gasteiger charge is -2.19. The molecule has 0 fully saturated rings. The van der Waals surface area contributed by atoms with Gasteiger partial charge in [-0.25, -0.2) is 4.98 Å². The summed E-state index contributed by atoms with van der Waals surface area (Å²) < 4.78 is 44.5. The summed E-state index contributed by atoms with van der Waals surface area (Å²) in [6.45, 7) is 8.43. The maximum atomic E-state index is 13.1. The number of anilines is 2. The first kappa shape index (κ1) is 20.0. The number of hydrogen-bond donors (Lipinski definition) is 1. The fourth-order valence-electron chi connectivity index (χ4n) is 2.23. The van der Waals surface area contributed by atoms with Crippen LogP contribution in [-0.2, 0) is 11.6 Å². The highest BCUT2D eigenvalue weighted by atomic mass is 19.4. The Balaban J connectivity index is 2.22. The molecular formula is C19H24F3N3O. The first-order valence-corrected chi connectivity index (χ1v) is 8.56. The summed E-state index contributed by atoms with van der Waals surface area (Å²) in [5.74, 6) is -0.386. The van der Waals surface area contributed by atoms with Crippen molar-refractivity contribution in [3.05, 3.63) is 41.6 Å². The molecule has 4 nitrogen and oxygen atoms in total. The van der Waals surface area contributed by atoms with Gasteiger partial charge in [-0.1, -0.05) is 46.2 Å². The maximum Gasteiger partial charge on any atom is 0.423 e. The van der Waals surface area contributed by atoms with Gasteiger partial charge in [0.25, 0.3) is 0 Å². The lowest BCUT2D eigenvalue weighted by molar-refractivity contribution is -0.139. The molecular weight excluding hydrogens is 343 g/mol. The van der Waals surface area contributed by atoms with Crippen molar-refractivity contribution in [1.82, 2.24) is 9.97 Å². The SMILES string of the molecule is CCCCOc1nc(Nc2ccc(C(C)(C)C)cc2)ncc1C(F)(F)F. The minimum atomic E-state index is -4.56. The Morgan fingerprint density at radius 1 is 1.08 bits per heavy atom. The molecule has 0 unspecified atom stereocenters. The van der Waals surface area contributed by atoms with Gasteiger partial charge in [-0.05, 0) is 29.5 Å². The average Bonchev–Trinajstić information content (AvgIpc) is 2.54. The fourth-order valence-corrected chi connectivity index (χ4v) is 2.23. The van der Waals surface area contributed by atoms with Gasteiger partial charge in [-0.15, -0.1) is 0 Å². The second kappa shape index (κ2) is 7.93. The molecule has 1 N–H and O–H groups in total. The van der Waals surface area contributed by atoms with Crippen LogP contribution in [0.5, 0.6) is 5.88 Å². The molecule has 0 amide bonds. The Kier molecular flexibility index (Phi) is 6.10. The number of rotatable bonds is 6. The van der Waals surface area contributed by atoms with E-state index in [0.717, 1.165) is 18.2 Å². The number of nitrogens with one attached hydrogen (secondary N) is 1. The number of halogens is 3. The number of aromatic nitrogens is 2. The van der Waals surface area contributed by atoms with Crippen molar-refractivity contribution in [2.45, 2.75) is 52.1 Å². The smallest absolute Gasteiger partial charge is 0.423 e. The van der Waals surface area contributed by atoms with Gasteiger partial charge >= 0.3 is 6.18 Å². The van der Waals surface area contributed by atoms with Gasteiger partial charge in [0, 0.05) is 11.9 Å². The summed E-state index contributed by atoms with van der Waals surface area (Å²) in [6, 6.07) is 7.62. The molecule has 2 aromatic rings. The first-order valence-electron chi connectivity index (χ1n) is 8.56. The summed E-state index contributed by atoms with van der Waals surface area (Å²) in [4.78, 5) is 7.69. The summed E-state index contributed by atoms with van der Waals surface area (Å²) in [7, 11) is 0. The molecule has 0 bridgehead atoms. The normalized spacial score (nSPS) is 12.1. The Morgan fingerprint density at radius 2 is 1.73 bits per heavy atom. The van der Waals surface area contributed by atoms with Crippen LogP contribution in [-0.4, -0.2) is 16.6 Å². The van der Waals surface area contributed by atoms with Crippen LogP contribution >= 0.6 is 0 Å². The van der Waals surface area contributed by atoms with Crippen molar-refractivity contribution in [1.29, 1.82) is 0 Å². The number of benzene rings is 1. The van der Waals surface area contributed by atoms with Crippen LogP contribution in [0.25, 0.3) is 0 Å². The van der Waals surface area contributed by atoms with Crippen LogP contribution in [0.15, 0.2) is 30.5 Å². The molecule has 0 radical (unpaired) electrons. The highest BCUT2D eigenvalue weighted by molar-refractivity contribution is 5.54. The summed E-state index contributed by atoms with van der Waals surface area (Å²) >= 11 is 0. The van der Waals surface area contributed by atoms with Crippen molar-refractivity contribution < 1.29 is 17.9 Å². The molecule has 0 atom stereocenters. The Hall–Kier alpha value is -2.31. The third-order valence-corrected chi connectivity index (χ3v) is 3.80. The van der Waals surface area contributed by atoms with Gasteiger partial charge < -0.3 is 10.1 Å². The number of ether oxygens (including phenoxy) is 1. The highest BCUT2D eigenvalue weighted by Gasteiger charge is 2.36. The van der Waals surface area contributed by atoms with Crippen LogP contribution in [0, 0.1) is 0 Å². The predicted molar refractivity (Wildman–Crippen MR) is 95.9 cm³/mol. The molecule has 7 heteroatoms. The summed E-state index contributed by atoms with van der Waals surface area (Å²) in [5, 5.41) is 2.92. The fraction of sp³-hybridized carbons (Fsp3) is 0.474. The number of nitrogens with zero attached hydrogens (tertiary/aromatic N) is 2. The molecule has 2 rings (SSSR count). The van der Waals surface area contributed by atoms with E-state index >= 15 is 0 Å². The van der Waals surface area contributed by atoms with E-state index in [1.165, 1.54) is 0 Å². The van der Waals surface area contributed by atoms with Crippen molar-refractivity contribution in [3.8, 4) is 5.88 Å².